The van der Waals surface area contributed by atoms with Crippen LogP contribution in [-0.4, -0.2) is 22.7 Å². The zero-order chi connectivity index (χ0) is 20.0. The fraction of sp³-hybridized carbons (Fsp3) is 0.480. The van der Waals surface area contributed by atoms with E-state index in [0.717, 1.165) is 25.1 Å². The number of hydrogen-bond acceptors (Lipinski definition) is 2. The molecule has 2 heterocycles. The van der Waals surface area contributed by atoms with Crippen LogP contribution in [0.25, 0.3) is 21.8 Å². The molecule has 0 unspecified atom stereocenters. The van der Waals surface area contributed by atoms with Gasteiger partial charge in [0.25, 0.3) is 5.91 Å². The zero-order valence-electron chi connectivity index (χ0n) is 17.4. The van der Waals surface area contributed by atoms with Crippen molar-refractivity contribution in [3.63, 3.8) is 0 Å². The number of carbonyl (C=O) groups is 1. The Morgan fingerprint density at radius 2 is 1.97 bits per heavy atom. The summed E-state index contributed by atoms with van der Waals surface area (Å²) in [6, 6.07) is 14.8. The molecule has 2 aromatic carbocycles. The van der Waals surface area contributed by atoms with Crippen molar-refractivity contribution in [2.45, 2.75) is 52.2 Å². The number of rotatable bonds is 3. The van der Waals surface area contributed by atoms with Gasteiger partial charge in [0.1, 0.15) is 0 Å². The average molecular weight is 389 g/mol. The Balaban J connectivity index is 1.40. The molecule has 4 heteroatoms. The number of anilines is 1. The van der Waals surface area contributed by atoms with Crippen molar-refractivity contribution < 1.29 is 9.53 Å². The quantitative estimate of drug-likeness (QED) is 0.657. The second-order valence-corrected chi connectivity index (χ2v) is 9.75. The number of amides is 1. The Morgan fingerprint density at radius 1 is 1.17 bits per heavy atom. The second kappa shape index (κ2) is 5.42. The molecule has 2 saturated carbocycles. The molecule has 150 valence electrons. The largest absolute Gasteiger partial charge is 0.364 e. The van der Waals surface area contributed by atoms with E-state index in [0.29, 0.717) is 12.5 Å². The van der Waals surface area contributed by atoms with Gasteiger partial charge in [0.15, 0.2) is 5.60 Å². The van der Waals surface area contributed by atoms with Crippen LogP contribution in [0.3, 0.4) is 0 Å². The number of hydrogen-bond donors (Lipinski definition) is 1. The predicted molar refractivity (Wildman–Crippen MR) is 116 cm³/mol. The molecule has 3 fully saturated rings. The summed E-state index contributed by atoms with van der Waals surface area (Å²) >= 11 is 0. The van der Waals surface area contributed by atoms with Gasteiger partial charge in [-0.2, -0.15) is 0 Å². The van der Waals surface area contributed by atoms with E-state index < -0.39 is 5.60 Å². The minimum atomic E-state index is -0.670. The molecule has 1 N–H and O–H groups in total. The molecule has 0 spiro atoms. The molecule has 3 aromatic rings. The summed E-state index contributed by atoms with van der Waals surface area (Å²) in [6.07, 6.45) is 3.18. The lowest BCUT2D eigenvalue weighted by atomic mass is 9.66. The van der Waals surface area contributed by atoms with Gasteiger partial charge in [-0.15, -0.1) is 0 Å². The van der Waals surface area contributed by atoms with E-state index in [4.69, 9.17) is 4.74 Å². The summed E-state index contributed by atoms with van der Waals surface area (Å²) in [5.41, 5.74) is 2.72. The van der Waals surface area contributed by atoms with Crippen LogP contribution in [-0.2, 0) is 16.1 Å². The molecular formula is C25H28N2O2. The number of benzene rings is 2. The van der Waals surface area contributed by atoms with E-state index in [9.17, 15) is 4.79 Å². The van der Waals surface area contributed by atoms with Crippen molar-refractivity contribution in [2.75, 3.05) is 11.9 Å². The maximum absolute atomic E-state index is 13.6. The van der Waals surface area contributed by atoms with Crippen molar-refractivity contribution in [3.8, 4) is 0 Å². The second-order valence-electron chi connectivity index (χ2n) is 9.75. The van der Waals surface area contributed by atoms with E-state index in [1.807, 2.05) is 6.07 Å². The molecule has 1 saturated heterocycles. The van der Waals surface area contributed by atoms with Crippen LogP contribution in [0.2, 0.25) is 0 Å². The van der Waals surface area contributed by atoms with Crippen LogP contribution in [0.1, 0.15) is 40.0 Å². The number of para-hydroxylation sites is 1. The molecular weight excluding hydrogens is 360 g/mol. The highest BCUT2D eigenvalue weighted by atomic mass is 16.5. The smallest absolute Gasteiger partial charge is 0.257 e. The topological polar surface area (TPSA) is 43.3 Å². The number of nitrogens with one attached hydrogen (secondary N) is 1. The summed E-state index contributed by atoms with van der Waals surface area (Å²) in [5, 5.41) is 5.66. The standard InChI is InChI=1S/C25H28N2O2/c1-4-27-20-8-6-5-7-18(20)19-13-17(9-10-21(19)27)26-22(28)25-14-16-11-12-24(25,3)23(16,2)15-29-25/h5-10,13,16H,4,11-12,14-15H2,1-3H3,(H,26,28)/t16-,23+,24+,25+/m1/s1. The third kappa shape index (κ3) is 1.87. The van der Waals surface area contributed by atoms with Crippen LogP contribution >= 0.6 is 0 Å². The van der Waals surface area contributed by atoms with Crippen molar-refractivity contribution >= 4 is 33.4 Å². The molecule has 1 aliphatic heterocycles. The van der Waals surface area contributed by atoms with Gasteiger partial charge < -0.3 is 14.6 Å². The van der Waals surface area contributed by atoms with Crippen molar-refractivity contribution in [2.24, 2.45) is 16.7 Å². The van der Waals surface area contributed by atoms with Gasteiger partial charge in [0.2, 0.25) is 0 Å². The lowest BCUT2D eigenvalue weighted by Crippen LogP contribution is -2.52. The third-order valence-electron chi connectivity index (χ3n) is 8.91. The molecule has 4 atom stereocenters. The summed E-state index contributed by atoms with van der Waals surface area (Å²) in [4.78, 5) is 13.6. The Morgan fingerprint density at radius 3 is 2.72 bits per heavy atom. The molecule has 1 aromatic heterocycles. The van der Waals surface area contributed by atoms with E-state index in [-0.39, 0.29) is 16.7 Å². The first-order valence-corrected chi connectivity index (χ1v) is 10.9. The van der Waals surface area contributed by atoms with Crippen molar-refractivity contribution in [1.82, 2.24) is 4.57 Å². The Bertz CT molecular complexity index is 1180. The number of carbonyl (C=O) groups excluding carboxylic acids is 1. The number of nitrogens with zero attached hydrogens (tertiary/aromatic N) is 1. The summed E-state index contributed by atoms with van der Waals surface area (Å²) < 4.78 is 8.61. The average Bonchev–Trinajstić information content (AvgIpc) is 3.33. The molecule has 29 heavy (non-hydrogen) atoms. The SMILES string of the molecule is CCn1c2ccccc2c2cc(NC(=O)[C@@]34C[C@H]5CC[C@@]3(C)[C@@]5(C)CO4)ccc21. The number of ether oxygens (including phenoxy) is 1. The first-order chi connectivity index (χ1) is 13.9. The molecule has 2 aliphatic carbocycles. The van der Waals surface area contributed by atoms with Crippen LogP contribution in [0.15, 0.2) is 42.5 Å². The summed E-state index contributed by atoms with van der Waals surface area (Å²) in [7, 11) is 0. The first-order valence-electron chi connectivity index (χ1n) is 10.9. The lowest BCUT2D eigenvalue weighted by Gasteiger charge is -2.40. The zero-order valence-corrected chi connectivity index (χ0v) is 17.4. The highest BCUT2D eigenvalue weighted by molar-refractivity contribution is 6.10. The molecule has 4 bridgehead atoms. The summed E-state index contributed by atoms with van der Waals surface area (Å²) in [6.45, 7) is 8.42. The minimum Gasteiger partial charge on any atom is -0.364 e. The van der Waals surface area contributed by atoms with E-state index in [1.165, 1.54) is 28.2 Å². The van der Waals surface area contributed by atoms with Gasteiger partial charge in [0.05, 0.1) is 6.61 Å². The van der Waals surface area contributed by atoms with Crippen molar-refractivity contribution in [3.05, 3.63) is 42.5 Å². The lowest BCUT2D eigenvalue weighted by molar-refractivity contribution is -0.149. The summed E-state index contributed by atoms with van der Waals surface area (Å²) in [5.74, 6) is 0.654. The van der Waals surface area contributed by atoms with Crippen molar-refractivity contribution in [1.29, 1.82) is 0 Å². The monoisotopic (exact) mass is 388 g/mol. The highest BCUT2D eigenvalue weighted by Crippen LogP contribution is 2.75. The molecule has 1 amide bonds. The normalized spacial score (nSPS) is 35.1. The van der Waals surface area contributed by atoms with Gasteiger partial charge in [-0.05, 0) is 56.4 Å². The van der Waals surface area contributed by atoms with E-state index >= 15 is 0 Å². The van der Waals surface area contributed by atoms with Crippen LogP contribution in [0.4, 0.5) is 5.69 Å². The van der Waals surface area contributed by atoms with Gasteiger partial charge in [0, 0.05) is 44.9 Å². The van der Waals surface area contributed by atoms with E-state index in [2.05, 4.69) is 67.1 Å². The molecule has 4 nitrogen and oxygen atoms in total. The maximum Gasteiger partial charge on any atom is 0.257 e. The first kappa shape index (κ1) is 17.5. The van der Waals surface area contributed by atoms with Gasteiger partial charge in [-0.1, -0.05) is 32.0 Å². The third-order valence-corrected chi connectivity index (χ3v) is 8.91. The number of aryl methyl sites for hydroxylation is 1. The van der Waals surface area contributed by atoms with Crippen LogP contribution in [0, 0.1) is 16.7 Å². The minimum absolute atomic E-state index is 0.0458. The Hall–Kier alpha value is -2.33. The van der Waals surface area contributed by atoms with Gasteiger partial charge in [-0.25, -0.2) is 0 Å². The van der Waals surface area contributed by atoms with Crippen LogP contribution < -0.4 is 5.32 Å². The fourth-order valence-corrected chi connectivity index (χ4v) is 6.96. The molecule has 0 radical (unpaired) electrons. The van der Waals surface area contributed by atoms with Crippen LogP contribution in [0.5, 0.6) is 0 Å². The molecule has 6 rings (SSSR count). The fourth-order valence-electron chi connectivity index (χ4n) is 6.96. The van der Waals surface area contributed by atoms with Gasteiger partial charge >= 0.3 is 0 Å². The Kier molecular flexibility index (Phi) is 3.28. The maximum atomic E-state index is 13.6. The number of fused-ring (bicyclic) bond motifs is 3. The molecule has 3 aliphatic rings. The highest BCUT2D eigenvalue weighted by Gasteiger charge is 2.78. The Labute approximate surface area is 171 Å². The predicted octanol–water partition coefficient (Wildman–Crippen LogP) is 5.35. The number of aromatic nitrogens is 1. The van der Waals surface area contributed by atoms with Gasteiger partial charge in [-0.3, -0.25) is 4.79 Å². The van der Waals surface area contributed by atoms with E-state index in [1.54, 1.807) is 0 Å².